The summed E-state index contributed by atoms with van der Waals surface area (Å²) in [6, 6.07) is 0. The molecule has 0 atom stereocenters. The van der Waals surface area contributed by atoms with Gasteiger partial charge in [-0.25, -0.2) is 0 Å². The predicted octanol–water partition coefficient (Wildman–Crippen LogP) is 2.36. The molecule has 0 aromatic carbocycles. The smallest absolute Gasteiger partial charge is 0 e. The number of rotatable bonds is 0. The van der Waals surface area contributed by atoms with Crippen LogP contribution in [0.2, 0.25) is 0 Å². The van der Waals surface area contributed by atoms with Crippen molar-refractivity contribution in [2.45, 2.75) is 0 Å². The van der Waals surface area contributed by atoms with Crippen molar-refractivity contribution in [1.29, 1.82) is 0 Å². The van der Waals surface area contributed by atoms with Crippen molar-refractivity contribution in [2.24, 2.45) is 0 Å². The van der Waals surface area contributed by atoms with E-state index in [9.17, 15) is 0 Å². The van der Waals surface area contributed by atoms with E-state index in [0.717, 1.165) is 0 Å². The van der Waals surface area contributed by atoms with Gasteiger partial charge in [0.05, 0.1) is 0 Å². The van der Waals surface area contributed by atoms with E-state index >= 15 is 0 Å². The summed E-state index contributed by atoms with van der Waals surface area (Å²) in [5, 5.41) is 0. The Morgan fingerprint density at radius 1 is 0.750 bits per heavy atom. The third-order valence-corrected chi connectivity index (χ3v) is 0. The predicted molar refractivity (Wildman–Crippen MR) is 35.9 cm³/mol. The second kappa shape index (κ2) is 77.2. The van der Waals surface area contributed by atoms with Crippen LogP contribution in [0, 0.1) is 7.43 Å². The Morgan fingerprint density at radius 3 is 0.750 bits per heavy atom. The minimum absolute atomic E-state index is 0. The molecule has 0 aliphatic rings. The molecule has 49 valence electrons. The SMILES string of the molecule is C=C=C.C=C=C.[CH3-].[Rh]. The van der Waals surface area contributed by atoms with Crippen LogP contribution in [0.15, 0.2) is 37.8 Å². The van der Waals surface area contributed by atoms with Crippen LogP contribution >= 0.6 is 0 Å². The monoisotopic (exact) mass is 198 g/mol. The molecule has 0 saturated heterocycles. The molecule has 0 nitrogen and oxygen atoms in total. The van der Waals surface area contributed by atoms with Crippen molar-refractivity contribution >= 4 is 0 Å². The molecule has 0 aromatic rings. The second-order valence-electron chi connectivity index (χ2n) is 0.500. The number of hydrogen-bond acceptors (Lipinski definition) is 0. The van der Waals surface area contributed by atoms with E-state index in [1.54, 1.807) is 0 Å². The Kier molecular flexibility index (Phi) is 245. The molecule has 8 heavy (non-hydrogen) atoms. The number of hydrogen-bond donors (Lipinski definition) is 0. The van der Waals surface area contributed by atoms with Gasteiger partial charge in [0.15, 0.2) is 0 Å². The second-order valence-corrected chi connectivity index (χ2v) is 0.500. The molecular formula is C7H11Rh-. The first kappa shape index (κ1) is 25.4. The third-order valence-electron chi connectivity index (χ3n) is 0. The van der Waals surface area contributed by atoms with E-state index < -0.39 is 0 Å². The van der Waals surface area contributed by atoms with Crippen molar-refractivity contribution < 1.29 is 19.5 Å². The van der Waals surface area contributed by atoms with Gasteiger partial charge in [-0.15, -0.1) is 11.5 Å². The van der Waals surface area contributed by atoms with Crippen LogP contribution in [0.3, 0.4) is 0 Å². The molecule has 0 saturated carbocycles. The van der Waals surface area contributed by atoms with Crippen LogP contribution in [-0.4, -0.2) is 0 Å². The molecule has 0 aliphatic carbocycles. The Balaban J connectivity index is -0.0000000160. The van der Waals surface area contributed by atoms with Gasteiger partial charge in [-0.1, -0.05) is 26.3 Å². The summed E-state index contributed by atoms with van der Waals surface area (Å²) < 4.78 is 0. The van der Waals surface area contributed by atoms with E-state index in [4.69, 9.17) is 0 Å². The first-order valence-electron chi connectivity index (χ1n) is 1.41. The molecule has 0 aromatic heterocycles. The van der Waals surface area contributed by atoms with Crippen LogP contribution in [0.25, 0.3) is 0 Å². The first-order valence-corrected chi connectivity index (χ1v) is 1.41. The van der Waals surface area contributed by atoms with Crippen molar-refractivity contribution in [3.63, 3.8) is 0 Å². The van der Waals surface area contributed by atoms with E-state index in [-0.39, 0.29) is 26.9 Å². The van der Waals surface area contributed by atoms with Gasteiger partial charge in [0.2, 0.25) is 0 Å². The fourth-order valence-electron chi connectivity index (χ4n) is 0. The fraction of sp³-hybridized carbons (Fsp3) is 0. The molecule has 1 heteroatoms. The standard InChI is InChI=1S/2C3H4.CH3.Rh/c2*1-3-2;;/h2*1-2H2;1H3;/q;;-1;. The molecule has 0 heterocycles. The van der Waals surface area contributed by atoms with E-state index in [1.807, 2.05) is 0 Å². The largest absolute Gasteiger partial charge is 0.358 e. The first-order chi connectivity index (χ1) is 2.83. The van der Waals surface area contributed by atoms with Crippen molar-refractivity contribution in [2.75, 3.05) is 0 Å². The van der Waals surface area contributed by atoms with Crippen LogP contribution < -0.4 is 0 Å². The molecule has 1 radical (unpaired) electrons. The maximum absolute atomic E-state index is 3.12. The molecule has 0 fully saturated rings. The summed E-state index contributed by atoms with van der Waals surface area (Å²) in [5.41, 5.74) is 4.50. The average molecular weight is 198 g/mol. The van der Waals surface area contributed by atoms with Crippen LogP contribution in [-0.2, 0) is 19.5 Å². The van der Waals surface area contributed by atoms with Gasteiger partial charge in [0.1, 0.15) is 0 Å². The normalized spacial score (nSPS) is 2.00. The summed E-state index contributed by atoms with van der Waals surface area (Å²) in [5.74, 6) is 0. The zero-order chi connectivity index (χ0) is 5.41. The molecule has 0 amide bonds. The summed E-state index contributed by atoms with van der Waals surface area (Å²) in [6.07, 6.45) is 0. The van der Waals surface area contributed by atoms with Gasteiger partial charge < -0.3 is 7.43 Å². The topological polar surface area (TPSA) is 0 Å². The molecular weight excluding hydrogens is 187 g/mol. The Bertz CT molecular complexity index is 58.4. The maximum atomic E-state index is 3.12. The van der Waals surface area contributed by atoms with Crippen LogP contribution in [0.4, 0.5) is 0 Å². The molecule has 0 spiro atoms. The van der Waals surface area contributed by atoms with Gasteiger partial charge in [0, 0.05) is 19.5 Å². The van der Waals surface area contributed by atoms with Crippen LogP contribution in [0.1, 0.15) is 0 Å². The van der Waals surface area contributed by atoms with E-state index in [0.29, 0.717) is 0 Å². The van der Waals surface area contributed by atoms with Crippen molar-refractivity contribution in [3.05, 3.63) is 45.2 Å². The Morgan fingerprint density at radius 2 is 0.750 bits per heavy atom. The maximum Gasteiger partial charge on any atom is 0 e. The minimum atomic E-state index is 0. The molecule has 0 aliphatic heterocycles. The van der Waals surface area contributed by atoms with Crippen LogP contribution in [0.5, 0.6) is 0 Å². The van der Waals surface area contributed by atoms with Crippen molar-refractivity contribution in [3.8, 4) is 0 Å². The third kappa shape index (κ3) is 1090. The average Bonchev–Trinajstić information content (AvgIpc) is 1.39. The molecule has 0 bridgehead atoms. The quantitative estimate of drug-likeness (QED) is 0.318. The summed E-state index contributed by atoms with van der Waals surface area (Å²) in [6.45, 7) is 12.5. The van der Waals surface area contributed by atoms with Gasteiger partial charge in [-0.2, -0.15) is 0 Å². The molecule has 0 rings (SSSR count). The zero-order valence-corrected chi connectivity index (χ0v) is 6.80. The van der Waals surface area contributed by atoms with Gasteiger partial charge in [0.25, 0.3) is 0 Å². The fourth-order valence-corrected chi connectivity index (χ4v) is 0. The van der Waals surface area contributed by atoms with Gasteiger partial charge in [-0.05, 0) is 0 Å². The van der Waals surface area contributed by atoms with Gasteiger partial charge >= 0.3 is 0 Å². The summed E-state index contributed by atoms with van der Waals surface area (Å²) in [7, 11) is 0. The van der Waals surface area contributed by atoms with E-state index in [1.165, 1.54) is 0 Å². The summed E-state index contributed by atoms with van der Waals surface area (Å²) in [4.78, 5) is 0. The Hall–Kier alpha value is -0.337. The van der Waals surface area contributed by atoms with Crippen molar-refractivity contribution in [1.82, 2.24) is 0 Å². The molecule has 0 unspecified atom stereocenters. The van der Waals surface area contributed by atoms with E-state index in [2.05, 4.69) is 37.8 Å². The van der Waals surface area contributed by atoms with Gasteiger partial charge in [-0.3, -0.25) is 0 Å². The summed E-state index contributed by atoms with van der Waals surface area (Å²) >= 11 is 0. The Labute approximate surface area is 65.1 Å². The minimum Gasteiger partial charge on any atom is -0.358 e. The molecule has 0 N–H and O–H groups in total. The zero-order valence-electron chi connectivity index (χ0n) is 5.16.